The Kier molecular flexibility index (Phi) is 5.18. The van der Waals surface area contributed by atoms with Crippen LogP contribution >= 0.6 is 0 Å². The Morgan fingerprint density at radius 3 is 2.50 bits per heavy atom. The Morgan fingerprint density at radius 1 is 1.20 bits per heavy atom. The molecule has 0 atom stereocenters. The maximum absolute atomic E-state index is 5.77. The molecule has 0 spiro atoms. The summed E-state index contributed by atoms with van der Waals surface area (Å²) < 4.78 is 7.53. The fourth-order valence-electron chi connectivity index (χ4n) is 2.09. The van der Waals surface area contributed by atoms with Crippen molar-refractivity contribution in [3.05, 3.63) is 47.2 Å². The van der Waals surface area contributed by atoms with Crippen LogP contribution in [0.3, 0.4) is 0 Å². The van der Waals surface area contributed by atoms with E-state index >= 15 is 0 Å². The molecule has 0 aliphatic heterocycles. The van der Waals surface area contributed by atoms with Crippen molar-refractivity contribution in [2.75, 3.05) is 13.1 Å². The van der Waals surface area contributed by atoms with Crippen molar-refractivity contribution < 1.29 is 4.74 Å². The van der Waals surface area contributed by atoms with Crippen LogP contribution in [0, 0.1) is 6.92 Å². The topological polar surface area (TPSA) is 39.1 Å². The van der Waals surface area contributed by atoms with Gasteiger partial charge in [0.05, 0.1) is 5.69 Å². The maximum atomic E-state index is 5.77. The molecule has 1 N–H and O–H groups in total. The van der Waals surface area contributed by atoms with Gasteiger partial charge in [-0.1, -0.05) is 31.2 Å². The van der Waals surface area contributed by atoms with Crippen molar-refractivity contribution in [2.45, 2.75) is 26.9 Å². The van der Waals surface area contributed by atoms with E-state index in [1.165, 1.54) is 11.1 Å². The van der Waals surface area contributed by atoms with Crippen molar-refractivity contribution in [3.8, 4) is 5.88 Å². The first-order valence-corrected chi connectivity index (χ1v) is 7.11. The van der Waals surface area contributed by atoms with Crippen LogP contribution in [0.5, 0.6) is 5.88 Å². The van der Waals surface area contributed by atoms with Crippen LogP contribution in [0.4, 0.5) is 0 Å². The largest absolute Gasteiger partial charge is 0.473 e. The number of nitrogens with zero attached hydrogens (tertiary/aromatic N) is 2. The first-order chi connectivity index (χ1) is 9.69. The first-order valence-electron chi connectivity index (χ1n) is 7.11. The molecular formula is C16H23N3O. The molecule has 1 aromatic heterocycles. The quantitative estimate of drug-likeness (QED) is 0.788. The van der Waals surface area contributed by atoms with E-state index in [-0.39, 0.29) is 0 Å². The highest BCUT2D eigenvalue weighted by atomic mass is 16.5. The summed E-state index contributed by atoms with van der Waals surface area (Å²) in [7, 11) is 1.90. The number of ether oxygens (including phenoxy) is 1. The number of benzene rings is 1. The molecule has 0 amide bonds. The van der Waals surface area contributed by atoms with Gasteiger partial charge in [0, 0.05) is 13.1 Å². The van der Waals surface area contributed by atoms with Gasteiger partial charge in [-0.3, -0.25) is 0 Å². The van der Waals surface area contributed by atoms with Crippen LogP contribution in [0.2, 0.25) is 0 Å². The number of hydrogen-bond donors (Lipinski definition) is 1. The Bertz CT molecular complexity index is 531. The zero-order chi connectivity index (χ0) is 14.4. The van der Waals surface area contributed by atoms with Gasteiger partial charge in [-0.05, 0) is 37.6 Å². The zero-order valence-electron chi connectivity index (χ0n) is 12.5. The van der Waals surface area contributed by atoms with Crippen LogP contribution in [-0.2, 0) is 20.1 Å². The molecule has 0 fully saturated rings. The molecule has 4 nitrogen and oxygen atoms in total. The van der Waals surface area contributed by atoms with Crippen molar-refractivity contribution in [3.63, 3.8) is 0 Å². The molecule has 0 aliphatic carbocycles. The van der Waals surface area contributed by atoms with E-state index in [2.05, 4.69) is 41.6 Å². The molecule has 1 heterocycles. The van der Waals surface area contributed by atoms with Gasteiger partial charge >= 0.3 is 0 Å². The van der Waals surface area contributed by atoms with E-state index in [9.17, 15) is 0 Å². The summed E-state index contributed by atoms with van der Waals surface area (Å²) in [5.74, 6) is 0.804. The van der Waals surface area contributed by atoms with E-state index in [1.807, 2.05) is 20.0 Å². The van der Waals surface area contributed by atoms with E-state index in [1.54, 1.807) is 4.68 Å². The third-order valence-corrected chi connectivity index (χ3v) is 3.21. The lowest BCUT2D eigenvalue weighted by atomic mass is 10.1. The Labute approximate surface area is 120 Å². The van der Waals surface area contributed by atoms with E-state index in [0.717, 1.165) is 31.1 Å². The lowest BCUT2D eigenvalue weighted by Gasteiger charge is -2.07. The average molecular weight is 273 g/mol. The number of nitrogens with one attached hydrogen (secondary N) is 1. The molecule has 2 rings (SSSR count). The SMILES string of the molecule is CCNCCc1ccc(COc2cc(C)nn2C)cc1. The molecule has 108 valence electrons. The summed E-state index contributed by atoms with van der Waals surface area (Å²) in [6.45, 7) is 6.72. The van der Waals surface area contributed by atoms with Gasteiger partial charge in [0.15, 0.2) is 0 Å². The summed E-state index contributed by atoms with van der Waals surface area (Å²) in [5, 5.41) is 7.60. The van der Waals surface area contributed by atoms with Gasteiger partial charge in [0.2, 0.25) is 5.88 Å². The Balaban J connectivity index is 1.86. The minimum atomic E-state index is 0.576. The van der Waals surface area contributed by atoms with Crippen LogP contribution < -0.4 is 10.1 Å². The summed E-state index contributed by atoms with van der Waals surface area (Å²) in [5.41, 5.74) is 3.50. The van der Waals surface area contributed by atoms with Crippen molar-refractivity contribution in [2.24, 2.45) is 7.05 Å². The minimum absolute atomic E-state index is 0.576. The Hall–Kier alpha value is -1.81. The number of aryl methyl sites for hydroxylation is 2. The molecular weight excluding hydrogens is 250 g/mol. The second-order valence-electron chi connectivity index (χ2n) is 4.96. The zero-order valence-corrected chi connectivity index (χ0v) is 12.5. The molecule has 2 aromatic rings. The first kappa shape index (κ1) is 14.6. The summed E-state index contributed by atoms with van der Waals surface area (Å²) in [6, 6.07) is 10.6. The normalized spacial score (nSPS) is 10.8. The molecule has 0 aliphatic rings. The highest BCUT2D eigenvalue weighted by molar-refractivity contribution is 5.23. The lowest BCUT2D eigenvalue weighted by molar-refractivity contribution is 0.279. The summed E-state index contributed by atoms with van der Waals surface area (Å²) in [6.07, 6.45) is 1.07. The molecule has 0 radical (unpaired) electrons. The smallest absolute Gasteiger partial charge is 0.212 e. The highest BCUT2D eigenvalue weighted by Crippen LogP contribution is 2.14. The molecule has 4 heteroatoms. The predicted octanol–water partition coefficient (Wildman–Crippen LogP) is 2.46. The second kappa shape index (κ2) is 7.10. The van der Waals surface area contributed by atoms with Crippen molar-refractivity contribution >= 4 is 0 Å². The summed E-state index contributed by atoms with van der Waals surface area (Å²) in [4.78, 5) is 0. The van der Waals surface area contributed by atoms with Gasteiger partial charge < -0.3 is 10.1 Å². The third kappa shape index (κ3) is 4.10. The number of rotatable bonds is 7. The van der Waals surface area contributed by atoms with Crippen molar-refractivity contribution in [1.82, 2.24) is 15.1 Å². The van der Waals surface area contributed by atoms with Crippen LogP contribution in [0.15, 0.2) is 30.3 Å². The number of likely N-dealkylation sites (N-methyl/N-ethyl adjacent to an activating group) is 1. The third-order valence-electron chi connectivity index (χ3n) is 3.21. The van der Waals surface area contributed by atoms with Gasteiger partial charge in [-0.15, -0.1) is 0 Å². The monoisotopic (exact) mass is 273 g/mol. The molecule has 1 aromatic carbocycles. The van der Waals surface area contributed by atoms with Crippen LogP contribution in [0.25, 0.3) is 0 Å². The molecule has 0 bridgehead atoms. The van der Waals surface area contributed by atoms with E-state index in [0.29, 0.717) is 6.61 Å². The van der Waals surface area contributed by atoms with Crippen molar-refractivity contribution in [1.29, 1.82) is 0 Å². The molecule has 0 unspecified atom stereocenters. The standard InChI is InChI=1S/C16H23N3O/c1-4-17-10-9-14-5-7-15(8-6-14)12-20-16-11-13(2)18-19(16)3/h5-8,11,17H,4,9-10,12H2,1-3H3. The number of hydrogen-bond acceptors (Lipinski definition) is 3. The number of aromatic nitrogens is 2. The lowest BCUT2D eigenvalue weighted by Crippen LogP contribution is -2.15. The molecule has 20 heavy (non-hydrogen) atoms. The average Bonchev–Trinajstić information content (AvgIpc) is 2.76. The molecule has 0 saturated carbocycles. The van der Waals surface area contributed by atoms with Crippen LogP contribution in [-0.4, -0.2) is 22.9 Å². The summed E-state index contributed by atoms with van der Waals surface area (Å²) >= 11 is 0. The van der Waals surface area contributed by atoms with Crippen LogP contribution in [0.1, 0.15) is 23.7 Å². The second-order valence-corrected chi connectivity index (χ2v) is 4.96. The van der Waals surface area contributed by atoms with Gasteiger partial charge in [-0.25, -0.2) is 4.68 Å². The van der Waals surface area contributed by atoms with E-state index < -0.39 is 0 Å². The minimum Gasteiger partial charge on any atom is -0.473 e. The highest BCUT2D eigenvalue weighted by Gasteiger charge is 2.03. The van der Waals surface area contributed by atoms with E-state index in [4.69, 9.17) is 4.74 Å². The van der Waals surface area contributed by atoms with Gasteiger partial charge in [-0.2, -0.15) is 5.10 Å². The fourth-order valence-corrected chi connectivity index (χ4v) is 2.09. The van der Waals surface area contributed by atoms with Gasteiger partial charge in [0.1, 0.15) is 6.61 Å². The molecule has 0 saturated heterocycles. The van der Waals surface area contributed by atoms with Gasteiger partial charge in [0.25, 0.3) is 0 Å². The Morgan fingerprint density at radius 2 is 1.90 bits per heavy atom. The predicted molar refractivity (Wildman–Crippen MR) is 81.0 cm³/mol. The fraction of sp³-hybridized carbons (Fsp3) is 0.438. The maximum Gasteiger partial charge on any atom is 0.212 e.